The van der Waals surface area contributed by atoms with Gasteiger partial charge in [-0.05, 0) is 26.7 Å². The number of anilines is 2. The molecule has 0 amide bonds. The second-order valence-corrected chi connectivity index (χ2v) is 5.39. The van der Waals surface area contributed by atoms with Gasteiger partial charge in [0.25, 0.3) is 0 Å². The zero-order chi connectivity index (χ0) is 13.3. The first-order valence-electron chi connectivity index (χ1n) is 6.69. The summed E-state index contributed by atoms with van der Waals surface area (Å²) >= 11 is 0. The van der Waals surface area contributed by atoms with Crippen molar-refractivity contribution in [3.05, 3.63) is 5.69 Å². The Labute approximate surface area is 109 Å². The molecule has 1 fully saturated rings. The fourth-order valence-electron chi connectivity index (χ4n) is 2.44. The van der Waals surface area contributed by atoms with E-state index < -0.39 is 0 Å². The molecule has 102 valence electrons. The molecule has 0 bridgehead atoms. The quantitative estimate of drug-likeness (QED) is 0.859. The molecular weight excluding hydrogens is 228 g/mol. The summed E-state index contributed by atoms with van der Waals surface area (Å²) < 4.78 is 7.49. The van der Waals surface area contributed by atoms with Gasteiger partial charge in [-0.25, -0.2) is 0 Å². The first kappa shape index (κ1) is 13.2. The Morgan fingerprint density at radius 2 is 2.33 bits per heavy atom. The summed E-state index contributed by atoms with van der Waals surface area (Å²) in [5, 5.41) is 8.02. The van der Waals surface area contributed by atoms with Crippen molar-refractivity contribution in [1.29, 1.82) is 0 Å². The molecule has 2 heterocycles. The lowest BCUT2D eigenvalue weighted by molar-refractivity contribution is 0.105. The van der Waals surface area contributed by atoms with Gasteiger partial charge in [0.2, 0.25) is 0 Å². The summed E-state index contributed by atoms with van der Waals surface area (Å²) in [6.07, 6.45) is 3.14. The van der Waals surface area contributed by atoms with Crippen LogP contribution in [0.1, 0.15) is 39.3 Å². The number of nitrogens with one attached hydrogen (secondary N) is 1. The van der Waals surface area contributed by atoms with Crippen molar-refractivity contribution in [2.24, 2.45) is 7.05 Å². The Hall–Kier alpha value is -1.23. The highest BCUT2D eigenvalue weighted by molar-refractivity contribution is 5.66. The highest BCUT2D eigenvalue weighted by atomic mass is 16.5. The summed E-state index contributed by atoms with van der Waals surface area (Å²) in [7, 11) is 1.93. The van der Waals surface area contributed by atoms with Crippen molar-refractivity contribution in [1.82, 2.24) is 9.78 Å². The topological polar surface area (TPSA) is 65.1 Å². The van der Waals surface area contributed by atoms with Gasteiger partial charge in [-0.2, -0.15) is 5.10 Å². The predicted molar refractivity (Wildman–Crippen MR) is 73.7 cm³/mol. The molecule has 5 nitrogen and oxygen atoms in total. The molecule has 1 aliphatic rings. The molecule has 1 aromatic heterocycles. The van der Waals surface area contributed by atoms with Crippen LogP contribution in [0.3, 0.4) is 0 Å². The number of nitrogens with zero attached hydrogens (tertiary/aromatic N) is 2. The van der Waals surface area contributed by atoms with Crippen LogP contribution in [-0.2, 0) is 18.2 Å². The van der Waals surface area contributed by atoms with Crippen LogP contribution in [0, 0.1) is 0 Å². The molecule has 3 N–H and O–H groups in total. The molecule has 0 saturated carbocycles. The molecule has 2 unspecified atom stereocenters. The average molecular weight is 252 g/mol. The van der Waals surface area contributed by atoms with E-state index in [2.05, 4.69) is 31.2 Å². The SMILES string of the molecule is CCCc1nn(C)c(NC2(C)CCOC2C)c1N. The minimum Gasteiger partial charge on any atom is -0.394 e. The van der Waals surface area contributed by atoms with E-state index in [9.17, 15) is 0 Å². The van der Waals surface area contributed by atoms with Crippen LogP contribution in [-0.4, -0.2) is 28.0 Å². The summed E-state index contributed by atoms with van der Waals surface area (Å²) in [5.41, 5.74) is 7.88. The maximum atomic E-state index is 6.19. The third-order valence-corrected chi connectivity index (χ3v) is 3.94. The van der Waals surface area contributed by atoms with E-state index >= 15 is 0 Å². The van der Waals surface area contributed by atoms with E-state index in [0.29, 0.717) is 0 Å². The maximum absolute atomic E-state index is 6.19. The first-order valence-corrected chi connectivity index (χ1v) is 6.69. The van der Waals surface area contributed by atoms with Gasteiger partial charge >= 0.3 is 0 Å². The van der Waals surface area contributed by atoms with Crippen LogP contribution in [0.15, 0.2) is 0 Å². The lowest BCUT2D eigenvalue weighted by Crippen LogP contribution is -2.42. The number of aromatic nitrogens is 2. The number of rotatable bonds is 4. The Bertz CT molecular complexity index is 429. The lowest BCUT2D eigenvalue weighted by atomic mass is 9.94. The fourth-order valence-corrected chi connectivity index (χ4v) is 2.44. The second kappa shape index (κ2) is 4.80. The number of ether oxygens (including phenoxy) is 1. The van der Waals surface area contributed by atoms with Crippen molar-refractivity contribution < 1.29 is 4.74 Å². The van der Waals surface area contributed by atoms with Gasteiger partial charge in [-0.15, -0.1) is 0 Å². The van der Waals surface area contributed by atoms with Gasteiger partial charge in [0, 0.05) is 13.7 Å². The number of hydrogen-bond acceptors (Lipinski definition) is 4. The molecule has 5 heteroatoms. The van der Waals surface area contributed by atoms with Crippen molar-refractivity contribution in [3.8, 4) is 0 Å². The summed E-state index contributed by atoms with van der Waals surface area (Å²) in [5.74, 6) is 0.915. The van der Waals surface area contributed by atoms with E-state index in [1.54, 1.807) is 0 Å². The van der Waals surface area contributed by atoms with Crippen molar-refractivity contribution in [2.45, 2.75) is 51.7 Å². The van der Waals surface area contributed by atoms with E-state index in [1.807, 2.05) is 11.7 Å². The highest BCUT2D eigenvalue weighted by Gasteiger charge is 2.38. The monoisotopic (exact) mass is 252 g/mol. The highest BCUT2D eigenvalue weighted by Crippen LogP contribution is 2.32. The summed E-state index contributed by atoms with van der Waals surface area (Å²) in [6.45, 7) is 7.20. The third kappa shape index (κ3) is 2.19. The number of aryl methyl sites for hydroxylation is 2. The normalized spacial score (nSPS) is 27.7. The molecule has 1 aromatic rings. The van der Waals surface area contributed by atoms with E-state index in [4.69, 9.17) is 10.5 Å². The lowest BCUT2D eigenvalue weighted by Gasteiger charge is -2.30. The van der Waals surface area contributed by atoms with Crippen LogP contribution in [0.25, 0.3) is 0 Å². The van der Waals surface area contributed by atoms with Crippen molar-refractivity contribution >= 4 is 11.5 Å². The van der Waals surface area contributed by atoms with Crippen LogP contribution in [0.2, 0.25) is 0 Å². The zero-order valence-electron chi connectivity index (χ0n) is 11.8. The van der Waals surface area contributed by atoms with Crippen LogP contribution in [0.5, 0.6) is 0 Å². The number of nitrogen functional groups attached to an aromatic ring is 1. The van der Waals surface area contributed by atoms with Crippen molar-refractivity contribution in [3.63, 3.8) is 0 Å². The third-order valence-electron chi connectivity index (χ3n) is 3.94. The first-order chi connectivity index (χ1) is 8.48. The van der Waals surface area contributed by atoms with E-state index in [0.717, 1.165) is 43.1 Å². The second-order valence-electron chi connectivity index (χ2n) is 5.39. The maximum Gasteiger partial charge on any atom is 0.148 e. The smallest absolute Gasteiger partial charge is 0.148 e. The molecular formula is C13H24N4O. The summed E-state index contributed by atoms with van der Waals surface area (Å²) in [6, 6.07) is 0. The van der Waals surface area contributed by atoms with Crippen LogP contribution < -0.4 is 11.1 Å². The fraction of sp³-hybridized carbons (Fsp3) is 0.769. The molecule has 2 rings (SSSR count). The summed E-state index contributed by atoms with van der Waals surface area (Å²) in [4.78, 5) is 0. The molecule has 0 aromatic carbocycles. The minimum atomic E-state index is -0.0641. The van der Waals surface area contributed by atoms with Gasteiger partial charge in [0.1, 0.15) is 5.82 Å². The van der Waals surface area contributed by atoms with Gasteiger partial charge in [-0.3, -0.25) is 4.68 Å². The van der Waals surface area contributed by atoms with Gasteiger partial charge in [0.15, 0.2) is 0 Å². The van der Waals surface area contributed by atoms with Crippen molar-refractivity contribution in [2.75, 3.05) is 17.7 Å². The molecule has 2 atom stereocenters. The Balaban J connectivity index is 2.23. The Morgan fingerprint density at radius 3 is 2.89 bits per heavy atom. The van der Waals surface area contributed by atoms with E-state index in [1.165, 1.54) is 0 Å². The molecule has 1 aliphatic heterocycles. The van der Waals surface area contributed by atoms with Gasteiger partial charge < -0.3 is 15.8 Å². The Morgan fingerprint density at radius 1 is 1.61 bits per heavy atom. The molecule has 1 saturated heterocycles. The minimum absolute atomic E-state index is 0.0641. The number of nitrogens with two attached hydrogens (primary N) is 1. The number of hydrogen-bond donors (Lipinski definition) is 2. The molecule has 0 radical (unpaired) electrons. The predicted octanol–water partition coefficient (Wildman–Crippen LogP) is 1.93. The standard InChI is InChI=1S/C13H24N4O/c1-5-6-10-11(14)12(17(4)16-10)15-13(3)7-8-18-9(13)2/h9,15H,5-8,14H2,1-4H3. The van der Waals surface area contributed by atoms with Crippen LogP contribution in [0.4, 0.5) is 11.5 Å². The Kier molecular flexibility index (Phi) is 3.52. The van der Waals surface area contributed by atoms with Gasteiger partial charge in [0.05, 0.1) is 23.0 Å². The van der Waals surface area contributed by atoms with Crippen LogP contribution >= 0.6 is 0 Å². The largest absolute Gasteiger partial charge is 0.394 e. The molecule has 0 spiro atoms. The molecule has 18 heavy (non-hydrogen) atoms. The zero-order valence-corrected chi connectivity index (χ0v) is 11.8. The van der Waals surface area contributed by atoms with E-state index in [-0.39, 0.29) is 11.6 Å². The average Bonchev–Trinajstić information content (AvgIpc) is 2.76. The van der Waals surface area contributed by atoms with Gasteiger partial charge in [-0.1, -0.05) is 13.3 Å². The molecule has 0 aliphatic carbocycles.